The van der Waals surface area contributed by atoms with Gasteiger partial charge in [0, 0.05) is 65.0 Å². The number of nitrogens with zero attached hydrogens (tertiary/aromatic N) is 3. The lowest BCUT2D eigenvalue weighted by molar-refractivity contribution is -0.125. The Hall–Kier alpha value is -1.26. The number of hydrogen-bond donors (Lipinski definition) is 2. The van der Waals surface area contributed by atoms with E-state index in [-0.39, 0.29) is 17.4 Å². The van der Waals surface area contributed by atoms with Crippen molar-refractivity contribution < 1.29 is 19.1 Å². The summed E-state index contributed by atoms with van der Waals surface area (Å²) in [4.78, 5) is 31.5. The smallest absolute Gasteiger partial charge is 0.234 e. The van der Waals surface area contributed by atoms with Gasteiger partial charge in [-0.2, -0.15) is 0 Å². The van der Waals surface area contributed by atoms with Crippen LogP contribution < -0.4 is 10.6 Å². The molecule has 2 N–H and O–H groups in total. The number of methoxy groups -OCH3 is 1. The fraction of sp³-hybridized carbons (Fsp3) is 0.909. The fourth-order valence-corrected chi connectivity index (χ4v) is 5.03. The molecular weight excluding hydrogens is 398 g/mol. The molecule has 2 heterocycles. The number of carbonyl (C=O) groups excluding carboxylic acids is 2. The van der Waals surface area contributed by atoms with Crippen molar-refractivity contribution in [2.45, 2.75) is 37.6 Å². The van der Waals surface area contributed by atoms with Crippen molar-refractivity contribution in [3.63, 3.8) is 0 Å². The summed E-state index contributed by atoms with van der Waals surface area (Å²) in [6, 6.07) is 0. The second-order valence-corrected chi connectivity index (χ2v) is 9.06. The molecule has 0 radical (unpaired) electrons. The van der Waals surface area contributed by atoms with Crippen LogP contribution in [0.3, 0.4) is 0 Å². The third-order valence-corrected chi connectivity index (χ3v) is 6.91. The summed E-state index contributed by atoms with van der Waals surface area (Å²) in [6.45, 7) is 9.43. The molecule has 31 heavy (non-hydrogen) atoms. The lowest BCUT2D eigenvalue weighted by Gasteiger charge is -2.48. The van der Waals surface area contributed by atoms with Crippen LogP contribution in [0.4, 0.5) is 0 Å². The topological polar surface area (TPSA) is 86.4 Å². The van der Waals surface area contributed by atoms with Crippen LogP contribution in [-0.2, 0) is 19.1 Å². The molecule has 1 aliphatic carbocycles. The van der Waals surface area contributed by atoms with Crippen LogP contribution in [0.5, 0.6) is 0 Å². The van der Waals surface area contributed by atoms with E-state index in [0.717, 1.165) is 59.0 Å². The predicted octanol–water partition coefficient (Wildman–Crippen LogP) is -0.482. The minimum atomic E-state index is 0.0316. The van der Waals surface area contributed by atoms with E-state index in [0.29, 0.717) is 26.2 Å². The van der Waals surface area contributed by atoms with E-state index >= 15 is 0 Å². The van der Waals surface area contributed by atoms with Gasteiger partial charge in [0.15, 0.2) is 0 Å². The molecule has 9 heteroatoms. The Morgan fingerprint density at radius 3 is 2.03 bits per heavy atom. The van der Waals surface area contributed by atoms with Crippen LogP contribution in [0.2, 0.25) is 0 Å². The number of piperazine rings is 1. The molecule has 1 saturated carbocycles. The molecular formula is C22H41N5O4. The van der Waals surface area contributed by atoms with Crippen molar-refractivity contribution in [2.75, 3.05) is 92.4 Å². The average Bonchev–Trinajstić information content (AvgIpc) is 2.80. The molecule has 178 valence electrons. The highest BCUT2D eigenvalue weighted by molar-refractivity contribution is 5.78. The minimum Gasteiger partial charge on any atom is -0.383 e. The van der Waals surface area contributed by atoms with Gasteiger partial charge in [0.25, 0.3) is 0 Å². The van der Waals surface area contributed by atoms with Gasteiger partial charge in [0.05, 0.1) is 32.9 Å². The summed E-state index contributed by atoms with van der Waals surface area (Å²) in [7, 11) is 1.62. The zero-order valence-electron chi connectivity index (χ0n) is 19.2. The van der Waals surface area contributed by atoms with Gasteiger partial charge in [0.1, 0.15) is 0 Å². The van der Waals surface area contributed by atoms with Crippen LogP contribution in [-0.4, -0.2) is 124 Å². The summed E-state index contributed by atoms with van der Waals surface area (Å²) in [6.07, 6.45) is 6.12. The summed E-state index contributed by atoms with van der Waals surface area (Å²) in [5, 5.41) is 6.11. The summed E-state index contributed by atoms with van der Waals surface area (Å²) in [5.74, 6) is 0.146. The number of rotatable bonds is 10. The number of carbonyl (C=O) groups is 2. The number of morpholine rings is 1. The quantitative estimate of drug-likeness (QED) is 0.445. The molecule has 3 aliphatic rings. The highest BCUT2D eigenvalue weighted by atomic mass is 16.5. The largest absolute Gasteiger partial charge is 0.383 e. The van der Waals surface area contributed by atoms with Crippen LogP contribution in [0.15, 0.2) is 0 Å². The van der Waals surface area contributed by atoms with Gasteiger partial charge >= 0.3 is 0 Å². The van der Waals surface area contributed by atoms with Gasteiger partial charge in [-0.15, -0.1) is 0 Å². The Morgan fingerprint density at radius 2 is 1.45 bits per heavy atom. The lowest BCUT2D eigenvalue weighted by Crippen LogP contribution is -2.60. The van der Waals surface area contributed by atoms with Gasteiger partial charge in [-0.1, -0.05) is 19.3 Å². The second kappa shape index (κ2) is 12.7. The maximum Gasteiger partial charge on any atom is 0.234 e. The number of hydrogen-bond acceptors (Lipinski definition) is 7. The first kappa shape index (κ1) is 24.4. The zero-order chi connectivity index (χ0) is 21.9. The first-order valence-corrected chi connectivity index (χ1v) is 11.9. The van der Waals surface area contributed by atoms with Gasteiger partial charge in [0.2, 0.25) is 11.8 Å². The van der Waals surface area contributed by atoms with E-state index in [4.69, 9.17) is 9.47 Å². The average molecular weight is 440 g/mol. The Labute approximate surface area is 186 Å². The Bertz CT molecular complexity index is 556. The Balaban J connectivity index is 1.37. The highest BCUT2D eigenvalue weighted by Gasteiger charge is 2.38. The maximum atomic E-state index is 12.7. The Morgan fingerprint density at radius 1 is 0.871 bits per heavy atom. The molecule has 0 bridgehead atoms. The van der Waals surface area contributed by atoms with Crippen molar-refractivity contribution in [2.24, 2.45) is 0 Å². The predicted molar refractivity (Wildman–Crippen MR) is 119 cm³/mol. The molecule has 0 aromatic rings. The molecule has 0 unspecified atom stereocenters. The van der Waals surface area contributed by atoms with E-state index < -0.39 is 0 Å². The number of amides is 2. The number of ether oxygens (including phenoxy) is 2. The second-order valence-electron chi connectivity index (χ2n) is 9.06. The monoisotopic (exact) mass is 439 g/mol. The molecule has 0 spiro atoms. The molecule has 0 aromatic heterocycles. The first-order valence-electron chi connectivity index (χ1n) is 11.9. The van der Waals surface area contributed by atoms with E-state index in [1.807, 2.05) is 0 Å². The van der Waals surface area contributed by atoms with Gasteiger partial charge < -0.3 is 20.1 Å². The molecule has 3 rings (SSSR count). The van der Waals surface area contributed by atoms with E-state index in [1.165, 1.54) is 32.1 Å². The molecule has 9 nitrogen and oxygen atoms in total. The third-order valence-electron chi connectivity index (χ3n) is 6.91. The third kappa shape index (κ3) is 7.68. The van der Waals surface area contributed by atoms with Gasteiger partial charge in [-0.05, 0) is 12.8 Å². The van der Waals surface area contributed by atoms with Crippen molar-refractivity contribution in [1.82, 2.24) is 25.3 Å². The van der Waals surface area contributed by atoms with E-state index in [9.17, 15) is 9.59 Å². The van der Waals surface area contributed by atoms with E-state index in [1.54, 1.807) is 7.11 Å². The fourth-order valence-electron chi connectivity index (χ4n) is 5.03. The van der Waals surface area contributed by atoms with Crippen LogP contribution in [0, 0.1) is 0 Å². The van der Waals surface area contributed by atoms with Gasteiger partial charge in [-0.3, -0.25) is 24.3 Å². The Kier molecular flexibility index (Phi) is 9.98. The molecule has 2 aliphatic heterocycles. The summed E-state index contributed by atoms with van der Waals surface area (Å²) in [5.41, 5.74) is 0.104. The van der Waals surface area contributed by atoms with Crippen molar-refractivity contribution >= 4 is 11.8 Å². The normalized spacial score (nSPS) is 23.4. The van der Waals surface area contributed by atoms with Crippen molar-refractivity contribution in [3.8, 4) is 0 Å². The standard InChI is InChI=1S/C22H41N5O4/c1-30-14-7-23-20(28)17-25-8-10-26(11-9-25)18-21(29)24-19-22(5-3-2-4-6-22)27-12-15-31-16-13-27/h2-19H2,1H3,(H,23,28)(H,24,29). The lowest BCUT2D eigenvalue weighted by atomic mass is 9.79. The van der Waals surface area contributed by atoms with Crippen molar-refractivity contribution in [3.05, 3.63) is 0 Å². The minimum absolute atomic E-state index is 0.0316. The molecule has 2 saturated heterocycles. The summed E-state index contributed by atoms with van der Waals surface area (Å²) < 4.78 is 10.5. The van der Waals surface area contributed by atoms with E-state index in [2.05, 4.69) is 25.3 Å². The highest BCUT2D eigenvalue weighted by Crippen LogP contribution is 2.33. The van der Waals surface area contributed by atoms with Crippen LogP contribution >= 0.6 is 0 Å². The molecule has 3 fully saturated rings. The zero-order valence-corrected chi connectivity index (χ0v) is 19.2. The van der Waals surface area contributed by atoms with Gasteiger partial charge in [-0.25, -0.2) is 0 Å². The molecule has 2 amide bonds. The molecule has 0 aromatic carbocycles. The van der Waals surface area contributed by atoms with Crippen LogP contribution in [0.1, 0.15) is 32.1 Å². The maximum absolute atomic E-state index is 12.7. The molecule has 0 atom stereocenters. The SMILES string of the molecule is COCCNC(=O)CN1CCN(CC(=O)NCC2(N3CCOCC3)CCCCC2)CC1. The number of nitrogens with one attached hydrogen (secondary N) is 2. The van der Waals surface area contributed by atoms with Crippen LogP contribution in [0.25, 0.3) is 0 Å². The first-order chi connectivity index (χ1) is 15.1. The van der Waals surface area contributed by atoms with Crippen molar-refractivity contribution in [1.29, 1.82) is 0 Å². The summed E-state index contributed by atoms with van der Waals surface area (Å²) >= 11 is 0.